The fraction of sp³-hybridized carbons (Fsp3) is 0.556. The molecule has 0 N–H and O–H groups in total. The van der Waals surface area contributed by atoms with E-state index in [0.29, 0.717) is 0 Å². The molecule has 0 aliphatic carbocycles. The Hall–Kier alpha value is -0.903. The minimum atomic E-state index is -0.625. The molecule has 1 aromatic carbocycles. The van der Waals surface area contributed by atoms with E-state index < -0.39 is 8.80 Å². The topological polar surface area (TPSA) is 12.5 Å². The monoisotopic (exact) mass is 304 g/mol. The smallest absolute Gasteiger partial charge is 0.117 e. The van der Waals surface area contributed by atoms with Crippen LogP contribution in [0.5, 0.6) is 0 Å². The molecule has 0 unspecified atom stereocenters. The zero-order valence-electron chi connectivity index (χ0n) is 13.9. The summed E-state index contributed by atoms with van der Waals surface area (Å²) in [6, 6.07) is 10.1. The molecule has 0 spiro atoms. The predicted molar refractivity (Wildman–Crippen MR) is 95.6 cm³/mol. The Morgan fingerprint density at radius 2 is 2.00 bits per heavy atom. The van der Waals surface area contributed by atoms with Crippen LogP contribution < -0.4 is 5.19 Å². The van der Waals surface area contributed by atoms with Gasteiger partial charge in [0.1, 0.15) is 8.80 Å². The van der Waals surface area contributed by atoms with Crippen LogP contribution in [0.2, 0.25) is 6.04 Å². The number of rotatable bonds is 11. The minimum absolute atomic E-state index is 0.625. The van der Waals surface area contributed by atoms with Gasteiger partial charge in [-0.3, -0.25) is 0 Å². The maximum absolute atomic E-state index is 5.74. The Balaban J connectivity index is 2.63. The van der Waals surface area contributed by atoms with E-state index in [1.807, 2.05) is 6.08 Å². The third-order valence-corrected chi connectivity index (χ3v) is 6.50. The second-order valence-electron chi connectivity index (χ2n) is 5.20. The standard InChI is InChI=1S/C18H30NOSi/c1-5-17-11-9-12-18(15-17)21(16-20-8-4)14-10-13-19(6-2)7-3/h5,9,11-12,15H,1,6-8,10,13-14,16H2,2-4H3. The quantitative estimate of drug-likeness (QED) is 0.581. The highest BCUT2D eigenvalue weighted by atomic mass is 28.3. The van der Waals surface area contributed by atoms with Crippen LogP contribution in [-0.4, -0.2) is 46.2 Å². The molecule has 0 amide bonds. The van der Waals surface area contributed by atoms with E-state index in [4.69, 9.17) is 4.74 Å². The SMILES string of the molecule is C=Cc1cccc([Si](CCCN(CC)CC)COCC)c1. The van der Waals surface area contributed by atoms with E-state index in [9.17, 15) is 0 Å². The maximum atomic E-state index is 5.74. The van der Waals surface area contributed by atoms with Gasteiger partial charge in [0.2, 0.25) is 0 Å². The summed E-state index contributed by atoms with van der Waals surface area (Å²) < 4.78 is 5.74. The second-order valence-corrected chi connectivity index (χ2v) is 7.77. The van der Waals surface area contributed by atoms with E-state index in [-0.39, 0.29) is 0 Å². The average Bonchev–Trinajstić information content (AvgIpc) is 2.54. The highest BCUT2D eigenvalue weighted by Gasteiger charge is 2.15. The molecule has 0 fully saturated rings. The summed E-state index contributed by atoms with van der Waals surface area (Å²) in [5.74, 6) is 0. The van der Waals surface area contributed by atoms with Gasteiger partial charge in [-0.15, -0.1) is 0 Å². The molecule has 0 aliphatic heterocycles. The summed E-state index contributed by atoms with van der Waals surface area (Å²) in [6.07, 6.45) is 4.11. The fourth-order valence-corrected chi connectivity index (χ4v) is 4.80. The van der Waals surface area contributed by atoms with Crippen LogP contribution in [0.4, 0.5) is 0 Å². The molecule has 0 aliphatic rings. The number of ether oxygens (including phenoxy) is 1. The molecule has 0 aromatic heterocycles. The van der Waals surface area contributed by atoms with E-state index in [1.165, 1.54) is 29.8 Å². The molecule has 2 nitrogen and oxygen atoms in total. The largest absolute Gasteiger partial charge is 0.385 e. The first kappa shape index (κ1) is 18.1. The maximum Gasteiger partial charge on any atom is 0.117 e. The summed E-state index contributed by atoms with van der Waals surface area (Å²) in [4.78, 5) is 2.50. The van der Waals surface area contributed by atoms with Crippen molar-refractivity contribution in [3.05, 3.63) is 36.4 Å². The molecule has 0 bridgehead atoms. The first-order valence-corrected chi connectivity index (χ1v) is 10.0. The van der Waals surface area contributed by atoms with Gasteiger partial charge in [-0.1, -0.05) is 62.0 Å². The van der Waals surface area contributed by atoms with Crippen molar-refractivity contribution < 1.29 is 4.74 Å². The number of nitrogens with zero attached hydrogens (tertiary/aromatic N) is 1. The van der Waals surface area contributed by atoms with Crippen LogP contribution in [0.15, 0.2) is 30.8 Å². The Morgan fingerprint density at radius 1 is 1.24 bits per heavy atom. The highest BCUT2D eigenvalue weighted by Crippen LogP contribution is 2.06. The van der Waals surface area contributed by atoms with Gasteiger partial charge >= 0.3 is 0 Å². The van der Waals surface area contributed by atoms with Crippen molar-refractivity contribution >= 4 is 20.1 Å². The van der Waals surface area contributed by atoms with E-state index in [0.717, 1.165) is 25.9 Å². The van der Waals surface area contributed by atoms with Gasteiger partial charge in [0.25, 0.3) is 0 Å². The van der Waals surface area contributed by atoms with Crippen molar-refractivity contribution in [1.29, 1.82) is 0 Å². The first-order chi connectivity index (χ1) is 10.2. The Kier molecular flexibility index (Phi) is 9.31. The lowest BCUT2D eigenvalue weighted by atomic mass is 10.2. The van der Waals surface area contributed by atoms with E-state index in [2.05, 4.69) is 56.5 Å². The van der Waals surface area contributed by atoms with Gasteiger partial charge < -0.3 is 9.64 Å². The summed E-state index contributed by atoms with van der Waals surface area (Å²) in [5, 5.41) is 1.48. The minimum Gasteiger partial charge on any atom is -0.385 e. The predicted octanol–water partition coefficient (Wildman–Crippen LogP) is 3.34. The van der Waals surface area contributed by atoms with Gasteiger partial charge in [0.05, 0.1) is 0 Å². The third-order valence-electron chi connectivity index (χ3n) is 3.86. The first-order valence-electron chi connectivity index (χ1n) is 8.12. The van der Waals surface area contributed by atoms with Gasteiger partial charge in [-0.25, -0.2) is 0 Å². The van der Waals surface area contributed by atoms with Crippen molar-refractivity contribution in [3.8, 4) is 0 Å². The lowest BCUT2D eigenvalue weighted by Crippen LogP contribution is -2.36. The Bertz CT molecular complexity index is 404. The molecule has 1 rings (SSSR count). The molecule has 3 heteroatoms. The molecule has 0 saturated heterocycles. The molecule has 0 atom stereocenters. The Labute approximate surface area is 132 Å². The molecular weight excluding hydrogens is 274 g/mol. The summed E-state index contributed by atoms with van der Waals surface area (Å²) >= 11 is 0. The number of hydrogen-bond acceptors (Lipinski definition) is 2. The summed E-state index contributed by atoms with van der Waals surface area (Å²) in [6.45, 7) is 14.7. The van der Waals surface area contributed by atoms with E-state index in [1.54, 1.807) is 0 Å². The summed E-state index contributed by atoms with van der Waals surface area (Å²) in [7, 11) is -0.625. The van der Waals surface area contributed by atoms with Gasteiger partial charge in [0.15, 0.2) is 0 Å². The van der Waals surface area contributed by atoms with Crippen molar-refractivity contribution in [3.63, 3.8) is 0 Å². The zero-order valence-corrected chi connectivity index (χ0v) is 14.9. The van der Waals surface area contributed by atoms with Crippen LogP contribution in [0.25, 0.3) is 6.08 Å². The lowest BCUT2D eigenvalue weighted by molar-refractivity contribution is 0.191. The normalized spacial score (nSPS) is 11.3. The molecule has 1 aromatic rings. The van der Waals surface area contributed by atoms with E-state index >= 15 is 0 Å². The van der Waals surface area contributed by atoms with Crippen LogP contribution in [0.3, 0.4) is 0 Å². The van der Waals surface area contributed by atoms with Gasteiger partial charge in [-0.05, 0) is 38.5 Å². The van der Waals surface area contributed by atoms with Crippen LogP contribution >= 0.6 is 0 Å². The molecule has 21 heavy (non-hydrogen) atoms. The molecular formula is C18H30NOSi. The second kappa shape index (κ2) is 10.8. The van der Waals surface area contributed by atoms with Crippen molar-refractivity contribution in [2.75, 3.05) is 32.5 Å². The van der Waals surface area contributed by atoms with Crippen molar-refractivity contribution in [2.45, 2.75) is 33.2 Å². The number of benzene rings is 1. The van der Waals surface area contributed by atoms with Gasteiger partial charge in [0, 0.05) is 12.8 Å². The fourth-order valence-electron chi connectivity index (χ4n) is 2.47. The highest BCUT2D eigenvalue weighted by molar-refractivity contribution is 6.73. The molecule has 117 valence electrons. The van der Waals surface area contributed by atoms with Crippen molar-refractivity contribution in [2.24, 2.45) is 0 Å². The molecule has 0 heterocycles. The van der Waals surface area contributed by atoms with Gasteiger partial charge in [-0.2, -0.15) is 0 Å². The zero-order chi connectivity index (χ0) is 15.5. The lowest BCUT2D eigenvalue weighted by Gasteiger charge is -2.20. The van der Waals surface area contributed by atoms with Crippen molar-refractivity contribution in [1.82, 2.24) is 4.90 Å². The Morgan fingerprint density at radius 3 is 2.62 bits per heavy atom. The molecule has 1 radical (unpaired) electrons. The van der Waals surface area contributed by atoms with Crippen LogP contribution in [-0.2, 0) is 4.74 Å². The molecule has 0 saturated carbocycles. The van der Waals surface area contributed by atoms with Crippen LogP contribution in [0.1, 0.15) is 32.8 Å². The van der Waals surface area contributed by atoms with Crippen LogP contribution in [0, 0.1) is 0 Å². The third kappa shape index (κ3) is 6.59. The summed E-state index contributed by atoms with van der Waals surface area (Å²) in [5.41, 5.74) is 1.22. The number of hydrogen-bond donors (Lipinski definition) is 0. The average molecular weight is 305 g/mol.